The van der Waals surface area contributed by atoms with E-state index in [2.05, 4.69) is 38.2 Å². The molecule has 1 heterocycles. The molecular formula is C24H35N3O2. The second kappa shape index (κ2) is 9.47. The normalized spacial score (nSPS) is 13.4. The Morgan fingerprint density at radius 1 is 1.10 bits per heavy atom. The molecule has 0 spiro atoms. The third-order valence-corrected chi connectivity index (χ3v) is 6.13. The summed E-state index contributed by atoms with van der Waals surface area (Å²) >= 11 is 0. The van der Waals surface area contributed by atoms with Crippen LogP contribution in [0.25, 0.3) is 11.4 Å². The first kappa shape index (κ1) is 21.4. The van der Waals surface area contributed by atoms with Crippen LogP contribution in [0.2, 0.25) is 0 Å². The minimum atomic E-state index is 0.0148. The summed E-state index contributed by atoms with van der Waals surface area (Å²) in [4.78, 5) is 18.4. The van der Waals surface area contributed by atoms with E-state index < -0.39 is 0 Å². The van der Waals surface area contributed by atoms with Gasteiger partial charge in [0, 0.05) is 12.6 Å². The summed E-state index contributed by atoms with van der Waals surface area (Å²) in [5, 5.41) is 3.47. The van der Waals surface area contributed by atoms with Crippen molar-refractivity contribution in [1.29, 1.82) is 0 Å². The van der Waals surface area contributed by atoms with E-state index in [4.69, 9.17) is 9.72 Å². The number of ether oxygens (including phenoxy) is 1. The number of nitrogens with one attached hydrogen (secondary N) is 1. The van der Waals surface area contributed by atoms with Crippen molar-refractivity contribution >= 4 is 5.69 Å². The molecule has 0 saturated heterocycles. The van der Waals surface area contributed by atoms with Gasteiger partial charge < -0.3 is 10.1 Å². The number of hydrogen-bond acceptors (Lipinski definition) is 4. The summed E-state index contributed by atoms with van der Waals surface area (Å²) in [7, 11) is 1.70. The van der Waals surface area contributed by atoms with Gasteiger partial charge in [0.05, 0.1) is 18.4 Å². The molecule has 5 heteroatoms. The third kappa shape index (κ3) is 4.19. The Balaban J connectivity index is 2.20. The predicted octanol–water partition coefficient (Wildman–Crippen LogP) is 4.98. The molecule has 0 radical (unpaired) electrons. The SMILES string of the molecule is CCc1nc(-c2cc3c(cc2OC)CCCC3)n(CC)c(=O)c1NC(CC)CC. The Morgan fingerprint density at radius 2 is 1.76 bits per heavy atom. The lowest BCUT2D eigenvalue weighted by atomic mass is 9.89. The van der Waals surface area contributed by atoms with Gasteiger partial charge in [-0.1, -0.05) is 20.8 Å². The van der Waals surface area contributed by atoms with E-state index in [9.17, 15) is 4.79 Å². The molecule has 1 N–H and O–H groups in total. The van der Waals surface area contributed by atoms with Crippen molar-refractivity contribution in [2.75, 3.05) is 12.4 Å². The van der Waals surface area contributed by atoms with Gasteiger partial charge in [-0.2, -0.15) is 0 Å². The summed E-state index contributed by atoms with van der Waals surface area (Å²) < 4.78 is 7.53. The zero-order valence-electron chi connectivity index (χ0n) is 18.6. The minimum Gasteiger partial charge on any atom is -0.496 e. The van der Waals surface area contributed by atoms with Crippen molar-refractivity contribution in [3.8, 4) is 17.1 Å². The molecular weight excluding hydrogens is 362 g/mol. The number of methoxy groups -OCH3 is 1. The molecule has 1 aliphatic carbocycles. The number of fused-ring (bicyclic) bond motifs is 1. The van der Waals surface area contributed by atoms with Gasteiger partial charge in [0.15, 0.2) is 0 Å². The summed E-state index contributed by atoms with van der Waals surface area (Å²) in [5.41, 5.74) is 5.16. The number of benzene rings is 1. The highest BCUT2D eigenvalue weighted by molar-refractivity contribution is 5.68. The molecule has 1 aromatic carbocycles. The first-order valence-electron chi connectivity index (χ1n) is 11.2. The molecule has 1 aromatic heterocycles. The maximum absolute atomic E-state index is 13.4. The number of rotatable bonds is 8. The van der Waals surface area contributed by atoms with Gasteiger partial charge in [0.2, 0.25) is 0 Å². The van der Waals surface area contributed by atoms with Crippen molar-refractivity contribution in [2.45, 2.75) is 85.2 Å². The van der Waals surface area contributed by atoms with Crippen LogP contribution in [0.5, 0.6) is 5.75 Å². The third-order valence-electron chi connectivity index (χ3n) is 6.13. The molecule has 0 unspecified atom stereocenters. The monoisotopic (exact) mass is 397 g/mol. The Hall–Kier alpha value is -2.30. The standard InChI is InChI=1S/C24H35N3O2/c1-6-18(7-2)25-22-20(8-3)26-23(27(9-4)24(22)28)19-14-16-12-10-11-13-17(16)15-21(19)29-5/h14-15,18,25H,6-13H2,1-5H3. The average molecular weight is 398 g/mol. The van der Waals surface area contributed by atoms with E-state index in [1.54, 1.807) is 11.7 Å². The smallest absolute Gasteiger partial charge is 0.277 e. The number of hydrogen-bond donors (Lipinski definition) is 1. The van der Waals surface area contributed by atoms with Gasteiger partial charge in [-0.25, -0.2) is 4.98 Å². The minimum absolute atomic E-state index is 0.0148. The molecule has 3 rings (SSSR count). The summed E-state index contributed by atoms with van der Waals surface area (Å²) in [6, 6.07) is 4.64. The highest BCUT2D eigenvalue weighted by Crippen LogP contribution is 2.35. The van der Waals surface area contributed by atoms with Crippen molar-refractivity contribution in [3.05, 3.63) is 39.3 Å². The maximum atomic E-state index is 13.4. The number of anilines is 1. The number of nitrogens with zero attached hydrogens (tertiary/aromatic N) is 2. The Bertz CT molecular complexity index is 913. The Kier molecular flexibility index (Phi) is 6.99. The van der Waals surface area contributed by atoms with Crippen LogP contribution in [-0.2, 0) is 25.8 Å². The first-order valence-corrected chi connectivity index (χ1v) is 11.2. The molecule has 158 valence electrons. The Labute approximate surface area is 174 Å². The fourth-order valence-corrected chi connectivity index (χ4v) is 4.30. The zero-order valence-corrected chi connectivity index (χ0v) is 18.6. The van der Waals surface area contributed by atoms with E-state index in [1.165, 1.54) is 24.0 Å². The molecule has 1 aliphatic rings. The van der Waals surface area contributed by atoms with Crippen LogP contribution in [0.15, 0.2) is 16.9 Å². The quantitative estimate of drug-likeness (QED) is 0.682. The first-order chi connectivity index (χ1) is 14.1. The van der Waals surface area contributed by atoms with Gasteiger partial charge in [0.25, 0.3) is 5.56 Å². The molecule has 0 fully saturated rings. The van der Waals surface area contributed by atoms with Gasteiger partial charge >= 0.3 is 0 Å². The molecule has 29 heavy (non-hydrogen) atoms. The van der Waals surface area contributed by atoms with E-state index in [1.807, 2.05) is 6.92 Å². The van der Waals surface area contributed by atoms with Crippen LogP contribution in [0.4, 0.5) is 5.69 Å². The number of aromatic nitrogens is 2. The average Bonchev–Trinajstić information content (AvgIpc) is 2.76. The fraction of sp³-hybridized carbons (Fsp3) is 0.583. The topological polar surface area (TPSA) is 56.2 Å². The molecule has 0 amide bonds. The second-order valence-electron chi connectivity index (χ2n) is 7.85. The molecule has 0 bridgehead atoms. The van der Waals surface area contributed by atoms with E-state index in [0.717, 1.165) is 48.5 Å². The van der Waals surface area contributed by atoms with Gasteiger partial charge in [-0.05, 0) is 75.1 Å². The van der Waals surface area contributed by atoms with Gasteiger partial charge in [-0.3, -0.25) is 9.36 Å². The van der Waals surface area contributed by atoms with Crippen LogP contribution < -0.4 is 15.6 Å². The van der Waals surface area contributed by atoms with Crippen molar-refractivity contribution in [3.63, 3.8) is 0 Å². The summed E-state index contributed by atoms with van der Waals surface area (Å²) in [6.45, 7) is 8.92. The predicted molar refractivity (Wildman–Crippen MR) is 120 cm³/mol. The van der Waals surface area contributed by atoms with E-state index in [0.29, 0.717) is 18.7 Å². The van der Waals surface area contributed by atoms with Crippen LogP contribution in [-0.4, -0.2) is 22.7 Å². The van der Waals surface area contributed by atoms with Crippen LogP contribution in [0.1, 0.15) is 70.2 Å². The molecule has 0 saturated carbocycles. The zero-order chi connectivity index (χ0) is 21.0. The van der Waals surface area contributed by atoms with Crippen molar-refractivity contribution < 1.29 is 4.74 Å². The fourth-order valence-electron chi connectivity index (χ4n) is 4.30. The molecule has 0 aliphatic heterocycles. The molecule has 0 atom stereocenters. The number of aryl methyl sites for hydroxylation is 3. The lowest BCUT2D eigenvalue weighted by Gasteiger charge is -2.23. The van der Waals surface area contributed by atoms with Crippen molar-refractivity contribution in [2.24, 2.45) is 0 Å². The van der Waals surface area contributed by atoms with E-state index >= 15 is 0 Å². The highest BCUT2D eigenvalue weighted by Gasteiger charge is 2.22. The lowest BCUT2D eigenvalue weighted by molar-refractivity contribution is 0.414. The molecule has 2 aromatic rings. The van der Waals surface area contributed by atoms with E-state index in [-0.39, 0.29) is 11.6 Å². The maximum Gasteiger partial charge on any atom is 0.277 e. The van der Waals surface area contributed by atoms with Crippen LogP contribution >= 0.6 is 0 Å². The van der Waals surface area contributed by atoms with Gasteiger partial charge in [-0.15, -0.1) is 0 Å². The summed E-state index contributed by atoms with van der Waals surface area (Å²) in [6.07, 6.45) is 7.28. The van der Waals surface area contributed by atoms with Crippen LogP contribution in [0.3, 0.4) is 0 Å². The van der Waals surface area contributed by atoms with Crippen LogP contribution in [0, 0.1) is 0 Å². The Morgan fingerprint density at radius 3 is 2.31 bits per heavy atom. The highest BCUT2D eigenvalue weighted by atomic mass is 16.5. The summed E-state index contributed by atoms with van der Waals surface area (Å²) in [5.74, 6) is 1.53. The van der Waals surface area contributed by atoms with Gasteiger partial charge in [0.1, 0.15) is 17.3 Å². The largest absolute Gasteiger partial charge is 0.496 e. The molecule has 5 nitrogen and oxygen atoms in total. The lowest BCUT2D eigenvalue weighted by Crippen LogP contribution is -2.31. The second-order valence-corrected chi connectivity index (χ2v) is 7.85. The van der Waals surface area contributed by atoms with Crippen molar-refractivity contribution in [1.82, 2.24) is 9.55 Å².